The third-order valence-electron chi connectivity index (χ3n) is 4.85. The van der Waals surface area contributed by atoms with Crippen LogP contribution in [0.1, 0.15) is 16.7 Å². The molecule has 0 fully saturated rings. The minimum atomic E-state index is -0.903. The van der Waals surface area contributed by atoms with Crippen molar-refractivity contribution in [2.24, 2.45) is 5.73 Å². The molecule has 0 saturated heterocycles. The molecule has 0 aliphatic heterocycles. The van der Waals surface area contributed by atoms with E-state index in [1.54, 1.807) is 24.3 Å². The van der Waals surface area contributed by atoms with Crippen LogP contribution in [0.2, 0.25) is 5.22 Å². The van der Waals surface area contributed by atoms with Crippen LogP contribution >= 0.6 is 11.6 Å². The number of halogens is 1. The lowest BCUT2D eigenvalue weighted by Crippen LogP contribution is -2.04. The number of hydrogen-bond donors (Lipinski definition) is 2. The first-order valence-corrected chi connectivity index (χ1v) is 9.85. The fraction of sp³-hybridized carbons (Fsp3) is 0.125. The number of ether oxygens (including phenoxy) is 1. The van der Waals surface area contributed by atoms with Crippen molar-refractivity contribution in [3.63, 3.8) is 0 Å². The summed E-state index contributed by atoms with van der Waals surface area (Å²) < 4.78 is 11.6. The Labute approximate surface area is 178 Å². The standard InChI is InChI=1S/C24H20ClNO4/c25-23-12-20-19(17-6-3-4-15(8-17)13-26)9-16(10-22(20)30-23)14-29-21-7-2-1-5-18(21)11-24(27)28/h1-10,12H,11,13-14,26H2,(H,27,28). The predicted molar refractivity (Wildman–Crippen MR) is 117 cm³/mol. The topological polar surface area (TPSA) is 85.7 Å². The van der Waals surface area contributed by atoms with Crippen LogP contribution < -0.4 is 10.5 Å². The van der Waals surface area contributed by atoms with Gasteiger partial charge in [0, 0.05) is 23.6 Å². The van der Waals surface area contributed by atoms with Gasteiger partial charge in [-0.1, -0.05) is 36.4 Å². The van der Waals surface area contributed by atoms with Gasteiger partial charge in [-0.2, -0.15) is 0 Å². The SMILES string of the molecule is NCc1cccc(-c2cc(COc3ccccc3CC(=O)O)cc3oc(Cl)cc23)c1. The Kier molecular flexibility index (Phi) is 5.74. The Hall–Kier alpha value is -3.28. The highest BCUT2D eigenvalue weighted by molar-refractivity contribution is 6.30. The van der Waals surface area contributed by atoms with E-state index < -0.39 is 5.97 Å². The molecule has 0 atom stereocenters. The van der Waals surface area contributed by atoms with Crippen molar-refractivity contribution >= 4 is 28.5 Å². The highest BCUT2D eigenvalue weighted by atomic mass is 35.5. The van der Waals surface area contributed by atoms with Gasteiger partial charge in [-0.3, -0.25) is 4.79 Å². The zero-order chi connectivity index (χ0) is 21.1. The third kappa shape index (κ3) is 4.32. The summed E-state index contributed by atoms with van der Waals surface area (Å²) in [4.78, 5) is 11.1. The minimum absolute atomic E-state index is 0.0971. The van der Waals surface area contributed by atoms with Crippen LogP contribution in [0.3, 0.4) is 0 Å². The Balaban J connectivity index is 1.70. The molecule has 3 N–H and O–H groups in total. The van der Waals surface area contributed by atoms with Crippen molar-refractivity contribution in [1.29, 1.82) is 0 Å². The predicted octanol–water partition coefficient (Wildman–Crippen LogP) is 5.42. The molecule has 6 heteroatoms. The number of benzene rings is 3. The van der Waals surface area contributed by atoms with Crippen LogP contribution in [0.5, 0.6) is 5.75 Å². The summed E-state index contributed by atoms with van der Waals surface area (Å²) in [6.07, 6.45) is -0.0971. The molecular formula is C24H20ClNO4. The Morgan fingerprint density at radius 2 is 1.87 bits per heavy atom. The summed E-state index contributed by atoms with van der Waals surface area (Å²) in [5.74, 6) is -0.357. The molecule has 0 aliphatic carbocycles. The van der Waals surface area contributed by atoms with Crippen molar-refractivity contribution in [2.75, 3.05) is 0 Å². The first-order valence-electron chi connectivity index (χ1n) is 9.47. The molecule has 152 valence electrons. The molecular weight excluding hydrogens is 402 g/mol. The molecule has 5 nitrogen and oxygen atoms in total. The van der Waals surface area contributed by atoms with Crippen molar-refractivity contribution < 1.29 is 19.1 Å². The zero-order valence-corrected chi connectivity index (χ0v) is 16.9. The number of hydrogen-bond acceptors (Lipinski definition) is 4. The van der Waals surface area contributed by atoms with E-state index >= 15 is 0 Å². The van der Waals surface area contributed by atoms with Crippen molar-refractivity contribution in [1.82, 2.24) is 0 Å². The number of carbonyl (C=O) groups is 1. The fourth-order valence-electron chi connectivity index (χ4n) is 3.47. The first-order chi connectivity index (χ1) is 14.5. The second-order valence-corrected chi connectivity index (χ2v) is 7.35. The molecule has 1 heterocycles. The minimum Gasteiger partial charge on any atom is -0.489 e. The van der Waals surface area contributed by atoms with E-state index in [0.717, 1.165) is 27.6 Å². The number of carboxylic acid groups (broad SMARTS) is 1. The maximum absolute atomic E-state index is 11.1. The average molecular weight is 422 g/mol. The van der Waals surface area contributed by atoms with Gasteiger partial charge in [0.25, 0.3) is 0 Å². The van der Waals surface area contributed by atoms with Gasteiger partial charge < -0.3 is 20.0 Å². The molecule has 30 heavy (non-hydrogen) atoms. The molecule has 3 aromatic carbocycles. The van der Waals surface area contributed by atoms with Gasteiger partial charge in [0.05, 0.1) is 6.42 Å². The number of aliphatic carboxylic acids is 1. The lowest BCUT2D eigenvalue weighted by Gasteiger charge is -2.12. The summed E-state index contributed by atoms with van der Waals surface area (Å²) in [5.41, 5.74) is 11.0. The number of para-hydroxylation sites is 1. The number of furan rings is 1. The van der Waals surface area contributed by atoms with Crippen LogP contribution in [0.15, 0.2) is 71.1 Å². The largest absolute Gasteiger partial charge is 0.489 e. The van der Waals surface area contributed by atoms with E-state index in [2.05, 4.69) is 0 Å². The quantitative estimate of drug-likeness (QED) is 0.416. The molecule has 0 amide bonds. The first kappa shape index (κ1) is 20.0. The number of fused-ring (bicyclic) bond motifs is 1. The van der Waals surface area contributed by atoms with Crippen LogP contribution in [0.25, 0.3) is 22.1 Å². The molecule has 0 saturated carbocycles. The summed E-state index contributed by atoms with van der Waals surface area (Å²) in [6, 6.07) is 20.9. The molecule has 4 aromatic rings. The monoisotopic (exact) mass is 421 g/mol. The molecule has 0 spiro atoms. The van der Waals surface area contributed by atoms with E-state index in [1.165, 1.54) is 0 Å². The van der Waals surface area contributed by atoms with Gasteiger partial charge in [-0.15, -0.1) is 0 Å². The van der Waals surface area contributed by atoms with Crippen LogP contribution in [0.4, 0.5) is 0 Å². The lowest BCUT2D eigenvalue weighted by atomic mass is 9.98. The van der Waals surface area contributed by atoms with Crippen LogP contribution in [-0.2, 0) is 24.4 Å². The lowest BCUT2D eigenvalue weighted by molar-refractivity contribution is -0.136. The highest BCUT2D eigenvalue weighted by Crippen LogP contribution is 2.35. The van der Waals surface area contributed by atoms with Gasteiger partial charge in [-0.05, 0) is 58.1 Å². The zero-order valence-electron chi connectivity index (χ0n) is 16.1. The average Bonchev–Trinajstić information content (AvgIpc) is 3.12. The molecule has 0 radical (unpaired) electrons. The number of nitrogens with two attached hydrogens (primary N) is 1. The Morgan fingerprint density at radius 3 is 2.67 bits per heavy atom. The molecule has 0 bridgehead atoms. The van der Waals surface area contributed by atoms with Gasteiger partial charge in [0.2, 0.25) is 0 Å². The number of rotatable bonds is 7. The third-order valence-corrected chi connectivity index (χ3v) is 5.04. The van der Waals surface area contributed by atoms with Crippen molar-refractivity contribution in [3.8, 4) is 16.9 Å². The maximum atomic E-state index is 11.1. The van der Waals surface area contributed by atoms with Gasteiger partial charge >= 0.3 is 5.97 Å². The molecule has 0 unspecified atom stereocenters. The normalized spacial score (nSPS) is 11.0. The summed E-state index contributed by atoms with van der Waals surface area (Å²) in [7, 11) is 0. The summed E-state index contributed by atoms with van der Waals surface area (Å²) in [5, 5.41) is 10.3. The van der Waals surface area contributed by atoms with E-state index in [-0.39, 0.29) is 13.0 Å². The molecule has 4 rings (SSSR count). The second-order valence-electron chi connectivity index (χ2n) is 6.98. The molecule has 1 aromatic heterocycles. The summed E-state index contributed by atoms with van der Waals surface area (Å²) >= 11 is 6.12. The fourth-order valence-corrected chi connectivity index (χ4v) is 3.66. The smallest absolute Gasteiger partial charge is 0.307 e. The van der Waals surface area contributed by atoms with E-state index in [4.69, 9.17) is 31.6 Å². The van der Waals surface area contributed by atoms with Gasteiger partial charge in [0.1, 0.15) is 17.9 Å². The van der Waals surface area contributed by atoms with Crippen molar-refractivity contribution in [2.45, 2.75) is 19.6 Å². The second kappa shape index (κ2) is 8.61. The van der Waals surface area contributed by atoms with Crippen LogP contribution in [0, 0.1) is 0 Å². The van der Waals surface area contributed by atoms with Crippen LogP contribution in [-0.4, -0.2) is 11.1 Å². The Morgan fingerprint density at radius 1 is 1.03 bits per heavy atom. The highest BCUT2D eigenvalue weighted by Gasteiger charge is 2.13. The molecule has 0 aliphatic rings. The Bertz CT molecular complexity index is 1220. The van der Waals surface area contributed by atoms with Gasteiger partial charge in [0.15, 0.2) is 5.22 Å². The van der Waals surface area contributed by atoms with Gasteiger partial charge in [-0.25, -0.2) is 0 Å². The van der Waals surface area contributed by atoms with E-state index in [1.807, 2.05) is 42.5 Å². The summed E-state index contributed by atoms with van der Waals surface area (Å²) in [6.45, 7) is 0.709. The number of carboxylic acids is 1. The maximum Gasteiger partial charge on any atom is 0.307 e. The van der Waals surface area contributed by atoms with E-state index in [9.17, 15) is 4.79 Å². The van der Waals surface area contributed by atoms with E-state index in [0.29, 0.717) is 28.7 Å². The van der Waals surface area contributed by atoms with Crippen molar-refractivity contribution in [3.05, 3.63) is 88.6 Å².